The first-order valence-corrected chi connectivity index (χ1v) is 7.46. The lowest BCUT2D eigenvalue weighted by atomic mass is 9.82. The molecule has 0 saturated carbocycles. The average molecular weight is 260 g/mol. The number of rotatable bonds is 4. The van der Waals surface area contributed by atoms with E-state index in [0.717, 1.165) is 0 Å². The average Bonchev–Trinajstić information content (AvgIpc) is 2.50. The molecule has 0 amide bonds. The van der Waals surface area contributed by atoms with Crippen LogP contribution in [0.15, 0.2) is 53.6 Å². The molecule has 0 N–H and O–H groups in total. The molecule has 0 aliphatic heterocycles. The summed E-state index contributed by atoms with van der Waals surface area (Å²) >= 11 is 0. The molecule has 0 unspecified atom stereocenters. The summed E-state index contributed by atoms with van der Waals surface area (Å²) in [5, 5.41) is 0. The van der Waals surface area contributed by atoms with Crippen molar-refractivity contribution in [2.45, 2.75) is 26.2 Å². The lowest BCUT2D eigenvalue weighted by Gasteiger charge is -2.36. The summed E-state index contributed by atoms with van der Waals surface area (Å²) in [4.78, 5) is 0. The first-order chi connectivity index (χ1) is 9.88. The standard InChI is InChI=1S/C20H20/c1-2-3-4-5-9-16-12-8-13-19-14-17-10-6-7-11-18(17)15-20(16)19/h5-15H,2-4H2,1H3/q-2. The molecule has 0 fully saturated rings. The Bertz CT molecular complexity index is 609. The summed E-state index contributed by atoms with van der Waals surface area (Å²) in [6, 6.07) is 6.56. The fraction of sp³-hybridized carbons (Fsp3) is 0.200. The smallest absolute Gasteiger partial charge is 0.0354 e. The van der Waals surface area contributed by atoms with Crippen molar-refractivity contribution in [3.63, 3.8) is 0 Å². The molecule has 0 spiro atoms. The van der Waals surface area contributed by atoms with Gasteiger partial charge in [0.15, 0.2) is 0 Å². The number of hydrogen-bond donors (Lipinski definition) is 0. The molecular formula is C20H20-2. The van der Waals surface area contributed by atoms with Gasteiger partial charge in [0.05, 0.1) is 0 Å². The Balaban J connectivity index is 1.90. The van der Waals surface area contributed by atoms with Gasteiger partial charge >= 0.3 is 0 Å². The zero-order valence-electron chi connectivity index (χ0n) is 12.0. The van der Waals surface area contributed by atoms with Gasteiger partial charge in [0.2, 0.25) is 0 Å². The Morgan fingerprint density at radius 2 is 2.15 bits per heavy atom. The summed E-state index contributed by atoms with van der Waals surface area (Å²) in [6.07, 6.45) is 21.4. The van der Waals surface area contributed by atoms with Crippen molar-refractivity contribution in [1.82, 2.24) is 0 Å². The van der Waals surface area contributed by atoms with Crippen LogP contribution in [-0.2, 0) is 0 Å². The molecule has 1 aromatic carbocycles. The Morgan fingerprint density at radius 3 is 3.05 bits per heavy atom. The molecule has 3 rings (SSSR count). The third-order valence-corrected chi connectivity index (χ3v) is 3.80. The van der Waals surface area contributed by atoms with Crippen LogP contribution in [-0.4, -0.2) is 0 Å². The number of allylic oxidation sites excluding steroid dienone is 6. The van der Waals surface area contributed by atoms with Crippen molar-refractivity contribution in [2.75, 3.05) is 0 Å². The second kappa shape index (κ2) is 5.92. The highest BCUT2D eigenvalue weighted by Crippen LogP contribution is 2.35. The SMILES string of the molecule is CCCCC=Cc1cccc2c1[CH-]C1=CC=C[CH-]C1=C2. The van der Waals surface area contributed by atoms with E-state index in [0.29, 0.717) is 0 Å². The van der Waals surface area contributed by atoms with Crippen molar-refractivity contribution >= 4 is 12.2 Å². The molecule has 0 radical (unpaired) electrons. The molecule has 102 valence electrons. The molecule has 0 bridgehead atoms. The lowest BCUT2D eigenvalue weighted by Crippen LogP contribution is -2.04. The zero-order chi connectivity index (χ0) is 13.8. The van der Waals surface area contributed by atoms with Crippen LogP contribution >= 0.6 is 0 Å². The van der Waals surface area contributed by atoms with Crippen molar-refractivity contribution in [3.8, 4) is 0 Å². The molecule has 20 heavy (non-hydrogen) atoms. The third-order valence-electron chi connectivity index (χ3n) is 3.80. The van der Waals surface area contributed by atoms with Gasteiger partial charge in [0, 0.05) is 0 Å². The molecule has 0 nitrogen and oxygen atoms in total. The Morgan fingerprint density at radius 1 is 1.20 bits per heavy atom. The highest BCUT2D eigenvalue weighted by atomic mass is 14.2. The minimum absolute atomic E-state index is 1.17. The maximum atomic E-state index is 2.31. The molecule has 0 heteroatoms. The molecule has 0 atom stereocenters. The fourth-order valence-electron chi connectivity index (χ4n) is 2.67. The normalized spacial score (nSPS) is 15.8. The van der Waals surface area contributed by atoms with Crippen molar-refractivity contribution in [2.24, 2.45) is 0 Å². The van der Waals surface area contributed by atoms with E-state index in [-0.39, 0.29) is 0 Å². The maximum absolute atomic E-state index is 2.31. The van der Waals surface area contributed by atoms with Gasteiger partial charge in [-0.1, -0.05) is 55.7 Å². The molecule has 2 aliphatic carbocycles. The van der Waals surface area contributed by atoms with Gasteiger partial charge in [-0.3, -0.25) is 0 Å². The van der Waals surface area contributed by atoms with Gasteiger partial charge in [-0.05, 0) is 6.42 Å². The lowest BCUT2D eigenvalue weighted by molar-refractivity contribution is 0.816. The number of benzene rings is 1. The zero-order valence-corrected chi connectivity index (χ0v) is 12.0. The monoisotopic (exact) mass is 260 g/mol. The Kier molecular flexibility index (Phi) is 3.83. The van der Waals surface area contributed by atoms with E-state index in [4.69, 9.17) is 0 Å². The molecule has 1 aromatic rings. The number of unbranched alkanes of at least 4 members (excludes halogenated alkanes) is 2. The summed E-state index contributed by atoms with van der Waals surface area (Å²) in [5.41, 5.74) is 6.62. The quantitative estimate of drug-likeness (QED) is 0.492. The fourth-order valence-corrected chi connectivity index (χ4v) is 2.67. The predicted octanol–water partition coefficient (Wildman–Crippen LogP) is 5.54. The van der Waals surface area contributed by atoms with E-state index < -0.39 is 0 Å². The summed E-state index contributed by atoms with van der Waals surface area (Å²) in [6.45, 7) is 2.23. The first-order valence-electron chi connectivity index (χ1n) is 7.46. The van der Waals surface area contributed by atoms with Gasteiger partial charge in [-0.15, -0.1) is 11.1 Å². The van der Waals surface area contributed by atoms with E-state index in [9.17, 15) is 0 Å². The second-order valence-corrected chi connectivity index (χ2v) is 5.31. The highest BCUT2D eigenvalue weighted by molar-refractivity contribution is 5.78. The van der Waals surface area contributed by atoms with Gasteiger partial charge in [-0.2, -0.15) is 31.1 Å². The minimum Gasteiger partial charge on any atom is -0.214 e. The van der Waals surface area contributed by atoms with E-state index in [1.807, 2.05) is 0 Å². The molecule has 0 aromatic heterocycles. The largest absolute Gasteiger partial charge is 0.214 e. The van der Waals surface area contributed by atoms with Crippen LogP contribution in [0.2, 0.25) is 0 Å². The minimum atomic E-state index is 1.17. The molecule has 0 saturated heterocycles. The van der Waals surface area contributed by atoms with Crippen LogP contribution in [0.4, 0.5) is 0 Å². The van der Waals surface area contributed by atoms with E-state index in [1.54, 1.807) is 0 Å². The van der Waals surface area contributed by atoms with Gasteiger partial charge in [0.25, 0.3) is 0 Å². The second-order valence-electron chi connectivity index (χ2n) is 5.31. The van der Waals surface area contributed by atoms with Crippen LogP contribution in [0.1, 0.15) is 42.9 Å². The predicted molar refractivity (Wildman–Crippen MR) is 87.9 cm³/mol. The van der Waals surface area contributed by atoms with Gasteiger partial charge in [-0.25, -0.2) is 17.2 Å². The molecular weight excluding hydrogens is 240 g/mol. The topological polar surface area (TPSA) is 0 Å². The Labute approximate surface area is 122 Å². The highest BCUT2D eigenvalue weighted by Gasteiger charge is 2.04. The van der Waals surface area contributed by atoms with Crippen LogP contribution < -0.4 is 0 Å². The summed E-state index contributed by atoms with van der Waals surface area (Å²) in [5.74, 6) is 0. The van der Waals surface area contributed by atoms with E-state index in [1.165, 1.54) is 47.1 Å². The maximum Gasteiger partial charge on any atom is -0.0354 e. The summed E-state index contributed by atoms with van der Waals surface area (Å²) in [7, 11) is 0. The van der Waals surface area contributed by atoms with Crippen LogP contribution in [0, 0.1) is 12.8 Å². The van der Waals surface area contributed by atoms with Crippen LogP contribution in [0.25, 0.3) is 12.2 Å². The van der Waals surface area contributed by atoms with E-state index in [2.05, 4.69) is 74.4 Å². The number of hydrogen-bond acceptors (Lipinski definition) is 0. The van der Waals surface area contributed by atoms with Gasteiger partial charge < -0.3 is 0 Å². The molecule has 0 heterocycles. The van der Waals surface area contributed by atoms with Crippen LogP contribution in [0.5, 0.6) is 0 Å². The first kappa shape index (κ1) is 12.9. The van der Waals surface area contributed by atoms with Crippen molar-refractivity contribution in [3.05, 3.63) is 83.2 Å². The van der Waals surface area contributed by atoms with Crippen molar-refractivity contribution < 1.29 is 0 Å². The molecule has 2 aliphatic rings. The van der Waals surface area contributed by atoms with Gasteiger partial charge in [0.1, 0.15) is 0 Å². The third kappa shape index (κ3) is 2.60. The number of fused-ring (bicyclic) bond motifs is 2. The van der Waals surface area contributed by atoms with Crippen LogP contribution in [0.3, 0.4) is 0 Å². The Hall–Kier alpha value is -2.08. The van der Waals surface area contributed by atoms with Crippen molar-refractivity contribution in [1.29, 1.82) is 0 Å². The van der Waals surface area contributed by atoms with E-state index >= 15 is 0 Å². The summed E-state index contributed by atoms with van der Waals surface area (Å²) < 4.78 is 0.